The molecule has 1 aromatic heterocycles. The molecule has 1 unspecified atom stereocenters. The Balaban J connectivity index is 1.94. The second kappa shape index (κ2) is 5.32. The fourth-order valence-electron chi connectivity index (χ4n) is 2.33. The second-order valence-corrected chi connectivity index (χ2v) is 5.74. The Morgan fingerprint density at radius 3 is 3.26 bits per heavy atom. The maximum atomic E-state index is 4.57. The molecule has 0 fully saturated rings. The molecule has 0 radical (unpaired) electrons. The maximum Gasteiger partial charge on any atom is 0.223 e. The van der Waals surface area contributed by atoms with Crippen LogP contribution in [0.5, 0.6) is 0 Å². The molecule has 98 valence electrons. The fraction of sp³-hybridized carbons (Fsp3) is 0.286. The zero-order valence-electron chi connectivity index (χ0n) is 10.7. The lowest BCUT2D eigenvalue weighted by atomic mass is 9.94. The molecule has 19 heavy (non-hydrogen) atoms. The first-order valence-electron chi connectivity index (χ1n) is 6.39. The van der Waals surface area contributed by atoms with Gasteiger partial charge in [-0.1, -0.05) is 6.08 Å². The molecule has 0 saturated carbocycles. The van der Waals surface area contributed by atoms with E-state index in [1.807, 2.05) is 13.0 Å². The lowest BCUT2D eigenvalue weighted by Crippen LogP contribution is -2.21. The number of allylic oxidation sites excluding steroid dienone is 2. The molecule has 2 N–H and O–H groups in total. The minimum Gasteiger partial charge on any atom is -0.383 e. The zero-order valence-corrected chi connectivity index (χ0v) is 12.8. The zero-order chi connectivity index (χ0) is 13.2. The number of hydrogen-bond donors (Lipinski definition) is 2. The molecule has 1 atom stereocenters. The van der Waals surface area contributed by atoms with Crippen LogP contribution in [0.15, 0.2) is 39.8 Å². The van der Waals surface area contributed by atoms with Crippen LogP contribution in [0.25, 0.3) is 5.57 Å². The van der Waals surface area contributed by atoms with Gasteiger partial charge in [0.15, 0.2) is 0 Å². The quantitative estimate of drug-likeness (QED) is 0.808. The molecule has 5 heteroatoms. The van der Waals surface area contributed by atoms with E-state index >= 15 is 0 Å². The van der Waals surface area contributed by atoms with Gasteiger partial charge in [0.1, 0.15) is 0 Å². The normalized spacial score (nSPS) is 20.9. The highest BCUT2D eigenvalue weighted by atomic mass is 127. The van der Waals surface area contributed by atoms with Crippen LogP contribution < -0.4 is 10.6 Å². The van der Waals surface area contributed by atoms with Gasteiger partial charge < -0.3 is 10.6 Å². The summed E-state index contributed by atoms with van der Waals surface area (Å²) < 4.78 is 1.29. The van der Waals surface area contributed by atoms with E-state index < -0.39 is 0 Å². The van der Waals surface area contributed by atoms with Crippen molar-refractivity contribution in [3.05, 3.63) is 45.5 Å². The summed E-state index contributed by atoms with van der Waals surface area (Å²) >= 11 is 2.37. The third-order valence-corrected chi connectivity index (χ3v) is 3.98. The monoisotopic (exact) mass is 366 g/mol. The summed E-state index contributed by atoms with van der Waals surface area (Å²) in [7, 11) is 0. The van der Waals surface area contributed by atoms with Gasteiger partial charge in [-0.25, -0.2) is 9.97 Å². The molecule has 0 aromatic carbocycles. The van der Waals surface area contributed by atoms with E-state index in [4.69, 9.17) is 0 Å². The van der Waals surface area contributed by atoms with Crippen LogP contribution in [0, 0.1) is 0 Å². The maximum absolute atomic E-state index is 4.57. The number of hydrogen-bond acceptors (Lipinski definition) is 4. The molecular weight excluding hydrogens is 351 g/mol. The van der Waals surface area contributed by atoms with Gasteiger partial charge in [0, 0.05) is 28.1 Å². The Hall–Kier alpha value is -1.37. The summed E-state index contributed by atoms with van der Waals surface area (Å²) in [6.45, 7) is 2.87. The third kappa shape index (κ3) is 2.51. The number of halogens is 1. The Morgan fingerprint density at radius 2 is 2.42 bits per heavy atom. The molecule has 0 saturated heterocycles. The first-order chi connectivity index (χ1) is 9.28. The summed E-state index contributed by atoms with van der Waals surface area (Å²) in [4.78, 5) is 8.78. The van der Waals surface area contributed by atoms with Crippen molar-refractivity contribution in [2.24, 2.45) is 0 Å². The van der Waals surface area contributed by atoms with Crippen LogP contribution >= 0.6 is 22.6 Å². The van der Waals surface area contributed by atoms with Crippen LogP contribution in [0.3, 0.4) is 0 Å². The van der Waals surface area contributed by atoms with E-state index in [0.29, 0.717) is 12.0 Å². The lowest BCUT2D eigenvalue weighted by Gasteiger charge is -2.17. The highest BCUT2D eigenvalue weighted by molar-refractivity contribution is 14.1. The predicted octanol–water partition coefficient (Wildman–Crippen LogP) is 2.87. The number of anilines is 1. The number of nitrogens with zero attached hydrogens (tertiary/aromatic N) is 2. The summed E-state index contributed by atoms with van der Waals surface area (Å²) in [6.07, 6.45) is 9.39. The Labute approximate surface area is 126 Å². The van der Waals surface area contributed by atoms with Gasteiger partial charge in [-0.3, -0.25) is 0 Å². The average molecular weight is 366 g/mol. The third-order valence-electron chi connectivity index (χ3n) is 3.22. The summed E-state index contributed by atoms with van der Waals surface area (Å²) in [6, 6.07) is 2.36. The molecule has 1 aromatic rings. The molecular formula is C14H15IN4. The molecule has 0 spiro atoms. The minimum absolute atomic E-state index is 0.395. The van der Waals surface area contributed by atoms with Crippen LogP contribution in [0.1, 0.15) is 19.0 Å². The van der Waals surface area contributed by atoms with E-state index in [0.717, 1.165) is 18.7 Å². The van der Waals surface area contributed by atoms with Crippen molar-refractivity contribution in [3.8, 4) is 0 Å². The second-order valence-electron chi connectivity index (χ2n) is 4.50. The Bertz CT molecular complexity index is 589. The molecule has 3 rings (SSSR count). The van der Waals surface area contributed by atoms with E-state index in [1.54, 1.807) is 6.20 Å². The van der Waals surface area contributed by atoms with Gasteiger partial charge in [0.05, 0.1) is 11.7 Å². The van der Waals surface area contributed by atoms with Crippen LogP contribution in [0.2, 0.25) is 0 Å². The van der Waals surface area contributed by atoms with E-state index in [1.165, 1.54) is 14.7 Å². The number of nitrogens with one attached hydrogen (secondary N) is 2. The number of rotatable bonds is 3. The molecule has 2 aliphatic rings. The topological polar surface area (TPSA) is 49.8 Å². The van der Waals surface area contributed by atoms with Crippen molar-refractivity contribution in [1.82, 2.24) is 15.3 Å². The first kappa shape index (κ1) is 12.7. The van der Waals surface area contributed by atoms with Crippen molar-refractivity contribution in [1.29, 1.82) is 0 Å². The summed E-state index contributed by atoms with van der Waals surface area (Å²) in [5.41, 5.74) is 3.47. The summed E-state index contributed by atoms with van der Waals surface area (Å²) in [5.74, 6) is 0.686. The van der Waals surface area contributed by atoms with Gasteiger partial charge >= 0.3 is 0 Å². The average Bonchev–Trinajstić information content (AvgIpc) is 2.82. The van der Waals surface area contributed by atoms with E-state index in [2.05, 4.69) is 61.5 Å². The first-order valence-corrected chi connectivity index (χ1v) is 7.47. The van der Waals surface area contributed by atoms with Crippen LogP contribution in [-0.2, 0) is 0 Å². The van der Waals surface area contributed by atoms with Crippen molar-refractivity contribution < 1.29 is 0 Å². The smallest absolute Gasteiger partial charge is 0.223 e. The van der Waals surface area contributed by atoms with Crippen molar-refractivity contribution in [2.45, 2.75) is 19.4 Å². The molecule has 2 heterocycles. The lowest BCUT2D eigenvalue weighted by molar-refractivity contribution is 0.709. The van der Waals surface area contributed by atoms with Gasteiger partial charge in [-0.15, -0.1) is 0 Å². The van der Waals surface area contributed by atoms with Crippen molar-refractivity contribution in [2.75, 3.05) is 11.9 Å². The molecule has 0 bridgehead atoms. The predicted molar refractivity (Wildman–Crippen MR) is 85.9 cm³/mol. The van der Waals surface area contributed by atoms with Crippen LogP contribution in [-0.4, -0.2) is 22.6 Å². The highest BCUT2D eigenvalue weighted by Crippen LogP contribution is 2.35. The molecule has 1 aliphatic carbocycles. The molecule has 4 nitrogen and oxygen atoms in total. The SMILES string of the molecule is CCNc1nccc(C2=CNC3CC=C(I)C=C23)n1. The molecule has 0 amide bonds. The molecule has 1 aliphatic heterocycles. The largest absolute Gasteiger partial charge is 0.383 e. The van der Waals surface area contributed by atoms with Gasteiger partial charge in [-0.05, 0) is 53.7 Å². The van der Waals surface area contributed by atoms with Crippen molar-refractivity contribution in [3.63, 3.8) is 0 Å². The Morgan fingerprint density at radius 1 is 1.53 bits per heavy atom. The summed E-state index contributed by atoms with van der Waals surface area (Å²) in [5, 5.41) is 6.57. The van der Waals surface area contributed by atoms with Crippen LogP contribution in [0.4, 0.5) is 5.95 Å². The number of aromatic nitrogens is 2. The van der Waals surface area contributed by atoms with Crippen molar-refractivity contribution >= 4 is 34.1 Å². The number of fused-ring (bicyclic) bond motifs is 1. The van der Waals surface area contributed by atoms with E-state index in [9.17, 15) is 0 Å². The van der Waals surface area contributed by atoms with Gasteiger partial charge in [0.2, 0.25) is 5.95 Å². The highest BCUT2D eigenvalue weighted by Gasteiger charge is 2.26. The van der Waals surface area contributed by atoms with Gasteiger partial charge in [0.25, 0.3) is 0 Å². The van der Waals surface area contributed by atoms with Gasteiger partial charge in [-0.2, -0.15) is 0 Å². The van der Waals surface area contributed by atoms with E-state index in [-0.39, 0.29) is 0 Å². The standard InChI is InChI=1S/C14H15IN4/c1-2-16-14-17-6-5-13(19-14)11-8-18-12-4-3-9(15)7-10(11)12/h3,5-8,12,18H,2,4H2,1H3,(H,16,17,19). The minimum atomic E-state index is 0.395. The Kier molecular flexibility index (Phi) is 3.54. The fourth-order valence-corrected chi connectivity index (χ4v) is 2.92.